The van der Waals surface area contributed by atoms with E-state index in [1.807, 2.05) is 44.2 Å². The zero-order chi connectivity index (χ0) is 27.4. The fourth-order valence-corrected chi connectivity index (χ4v) is 6.07. The highest BCUT2D eigenvalue weighted by molar-refractivity contribution is 7.92. The van der Waals surface area contributed by atoms with Crippen LogP contribution in [0.4, 0.5) is 11.4 Å². The molecule has 0 aromatic heterocycles. The third-order valence-corrected chi connectivity index (χ3v) is 8.69. The van der Waals surface area contributed by atoms with E-state index in [2.05, 4.69) is 4.90 Å². The summed E-state index contributed by atoms with van der Waals surface area (Å²) in [6, 6.07) is 17.2. The summed E-state index contributed by atoms with van der Waals surface area (Å²) < 4.78 is 39.4. The minimum absolute atomic E-state index is 0.00442. The third kappa shape index (κ3) is 5.84. The van der Waals surface area contributed by atoms with Gasteiger partial charge in [0.1, 0.15) is 6.54 Å². The van der Waals surface area contributed by atoms with Crippen LogP contribution >= 0.6 is 11.6 Å². The molecule has 0 spiro atoms. The molecule has 0 unspecified atom stereocenters. The number of halogens is 1. The van der Waals surface area contributed by atoms with Crippen molar-refractivity contribution >= 4 is 38.9 Å². The smallest absolute Gasteiger partial charge is 0.264 e. The van der Waals surface area contributed by atoms with E-state index in [0.717, 1.165) is 21.1 Å². The van der Waals surface area contributed by atoms with Gasteiger partial charge in [0.25, 0.3) is 10.0 Å². The number of hydrogen-bond acceptors (Lipinski definition) is 6. The predicted molar refractivity (Wildman–Crippen MR) is 150 cm³/mol. The first kappa shape index (κ1) is 27.6. The lowest BCUT2D eigenvalue weighted by Crippen LogP contribution is -2.52. The molecular weight excluding hydrogens is 526 g/mol. The summed E-state index contributed by atoms with van der Waals surface area (Å²) >= 11 is 6.20. The largest absolute Gasteiger partial charge is 0.493 e. The van der Waals surface area contributed by atoms with Crippen molar-refractivity contribution in [2.24, 2.45) is 0 Å². The molecule has 3 aromatic rings. The second kappa shape index (κ2) is 11.5. The average molecular weight is 558 g/mol. The highest BCUT2D eigenvalue weighted by Crippen LogP contribution is 2.32. The van der Waals surface area contributed by atoms with Gasteiger partial charge in [-0.3, -0.25) is 9.10 Å². The summed E-state index contributed by atoms with van der Waals surface area (Å²) in [6.45, 7) is 5.83. The molecule has 1 aliphatic heterocycles. The van der Waals surface area contributed by atoms with Gasteiger partial charge in [0.15, 0.2) is 11.5 Å². The number of methoxy groups -OCH3 is 2. The van der Waals surface area contributed by atoms with Gasteiger partial charge in [-0.2, -0.15) is 0 Å². The Morgan fingerprint density at radius 2 is 1.55 bits per heavy atom. The zero-order valence-electron chi connectivity index (χ0n) is 22.0. The number of hydrogen-bond donors (Lipinski definition) is 0. The van der Waals surface area contributed by atoms with Crippen LogP contribution in [0.3, 0.4) is 0 Å². The summed E-state index contributed by atoms with van der Waals surface area (Å²) in [5, 5.41) is 0.665. The molecule has 1 amide bonds. The van der Waals surface area contributed by atoms with Gasteiger partial charge in [0, 0.05) is 43.0 Å². The van der Waals surface area contributed by atoms with E-state index in [9.17, 15) is 13.2 Å². The number of aryl methyl sites for hydroxylation is 2. The highest BCUT2D eigenvalue weighted by atomic mass is 35.5. The van der Waals surface area contributed by atoms with Crippen molar-refractivity contribution in [3.8, 4) is 11.5 Å². The number of rotatable bonds is 8. The molecule has 0 saturated carbocycles. The minimum atomic E-state index is -4.10. The molecule has 0 aliphatic carbocycles. The number of sulfonamides is 1. The topological polar surface area (TPSA) is 79.4 Å². The minimum Gasteiger partial charge on any atom is -0.493 e. The normalized spacial score (nSPS) is 13.8. The summed E-state index contributed by atoms with van der Waals surface area (Å²) in [5.74, 6) is 0.436. The van der Waals surface area contributed by atoms with Crippen LogP contribution in [0.25, 0.3) is 0 Å². The molecule has 1 fully saturated rings. The van der Waals surface area contributed by atoms with Crippen LogP contribution in [0.2, 0.25) is 5.02 Å². The van der Waals surface area contributed by atoms with Crippen molar-refractivity contribution in [1.29, 1.82) is 0 Å². The number of piperazine rings is 1. The van der Waals surface area contributed by atoms with Crippen molar-refractivity contribution in [2.45, 2.75) is 18.7 Å². The number of nitrogens with zero attached hydrogens (tertiary/aromatic N) is 3. The van der Waals surface area contributed by atoms with Crippen molar-refractivity contribution in [3.05, 3.63) is 76.8 Å². The maximum absolute atomic E-state index is 13.8. The van der Waals surface area contributed by atoms with E-state index in [1.54, 1.807) is 17.0 Å². The van der Waals surface area contributed by atoms with E-state index >= 15 is 0 Å². The predicted octanol–water partition coefficient (Wildman–Crippen LogP) is 4.52. The molecule has 8 nitrogen and oxygen atoms in total. The fraction of sp³-hybridized carbons (Fsp3) is 0.321. The molecule has 0 atom stereocenters. The molecule has 4 rings (SSSR count). The second-order valence-corrected chi connectivity index (χ2v) is 11.5. The standard InChI is InChI=1S/C28H32ClN3O5S/c1-20-5-9-23(10-6-20)32(38(34,35)24-11-12-26(36-3)27(18-24)37-4)19-28(33)31-15-13-30(14-16-31)25-17-22(29)8-7-21(25)2/h5-12,17-18H,13-16,19H2,1-4H3. The fourth-order valence-electron chi connectivity index (χ4n) is 4.47. The number of carbonyl (C=O) groups is 1. The van der Waals surface area contributed by atoms with E-state index in [0.29, 0.717) is 42.6 Å². The van der Waals surface area contributed by atoms with Crippen molar-refractivity contribution < 1.29 is 22.7 Å². The quantitative estimate of drug-likeness (QED) is 0.405. The molecule has 0 radical (unpaired) electrons. The Kier molecular flexibility index (Phi) is 8.38. The Hall–Kier alpha value is -3.43. The Labute approximate surface area is 229 Å². The van der Waals surface area contributed by atoms with Gasteiger partial charge in [0.2, 0.25) is 5.91 Å². The number of carbonyl (C=O) groups excluding carboxylic acids is 1. The molecule has 1 saturated heterocycles. The number of anilines is 2. The molecule has 38 heavy (non-hydrogen) atoms. The average Bonchev–Trinajstić information content (AvgIpc) is 2.93. The maximum atomic E-state index is 13.8. The lowest BCUT2D eigenvalue weighted by atomic mass is 10.1. The van der Waals surface area contributed by atoms with Crippen LogP contribution in [-0.2, 0) is 14.8 Å². The zero-order valence-corrected chi connectivity index (χ0v) is 23.6. The van der Waals surface area contributed by atoms with E-state index in [4.69, 9.17) is 21.1 Å². The van der Waals surface area contributed by atoms with Crippen LogP contribution in [-0.4, -0.2) is 66.2 Å². The summed E-state index contributed by atoms with van der Waals surface area (Å²) in [4.78, 5) is 17.4. The number of amides is 1. The van der Waals surface area contributed by atoms with Crippen molar-refractivity contribution in [1.82, 2.24) is 4.90 Å². The van der Waals surface area contributed by atoms with Crippen LogP contribution in [0.1, 0.15) is 11.1 Å². The lowest BCUT2D eigenvalue weighted by Gasteiger charge is -2.37. The first-order chi connectivity index (χ1) is 18.1. The summed E-state index contributed by atoms with van der Waals surface area (Å²) in [7, 11) is -1.17. The van der Waals surface area contributed by atoms with Gasteiger partial charge in [-0.15, -0.1) is 0 Å². The summed E-state index contributed by atoms with van der Waals surface area (Å²) in [6.07, 6.45) is 0. The first-order valence-electron chi connectivity index (χ1n) is 12.2. The van der Waals surface area contributed by atoms with Gasteiger partial charge >= 0.3 is 0 Å². The summed E-state index contributed by atoms with van der Waals surface area (Å²) in [5.41, 5.74) is 3.55. The van der Waals surface area contributed by atoms with Crippen LogP contribution in [0.15, 0.2) is 65.6 Å². The van der Waals surface area contributed by atoms with Crippen molar-refractivity contribution in [2.75, 3.05) is 56.1 Å². The molecule has 1 aliphatic rings. The maximum Gasteiger partial charge on any atom is 0.264 e. The van der Waals surface area contributed by atoms with E-state index in [-0.39, 0.29) is 23.1 Å². The van der Waals surface area contributed by atoms with Gasteiger partial charge in [-0.05, 0) is 55.8 Å². The van der Waals surface area contributed by atoms with Gasteiger partial charge in [-0.1, -0.05) is 35.4 Å². The van der Waals surface area contributed by atoms with Gasteiger partial charge in [0.05, 0.1) is 24.8 Å². The monoisotopic (exact) mass is 557 g/mol. The lowest BCUT2D eigenvalue weighted by molar-refractivity contribution is -0.129. The molecule has 0 N–H and O–H groups in total. The highest BCUT2D eigenvalue weighted by Gasteiger charge is 2.31. The van der Waals surface area contributed by atoms with Crippen LogP contribution < -0.4 is 18.7 Å². The SMILES string of the molecule is COc1ccc(S(=O)(=O)N(CC(=O)N2CCN(c3cc(Cl)ccc3C)CC2)c2ccc(C)cc2)cc1OC. The second-order valence-electron chi connectivity index (χ2n) is 9.16. The molecule has 202 valence electrons. The Morgan fingerprint density at radius 3 is 2.18 bits per heavy atom. The first-order valence-corrected chi connectivity index (χ1v) is 14.1. The van der Waals surface area contributed by atoms with Gasteiger partial charge < -0.3 is 19.3 Å². The molecule has 0 bridgehead atoms. The third-order valence-electron chi connectivity index (χ3n) is 6.69. The van der Waals surface area contributed by atoms with Crippen LogP contribution in [0, 0.1) is 13.8 Å². The Morgan fingerprint density at radius 1 is 0.895 bits per heavy atom. The Bertz CT molecular complexity index is 1400. The number of ether oxygens (including phenoxy) is 2. The molecule has 1 heterocycles. The molecule has 3 aromatic carbocycles. The Balaban J connectivity index is 1.57. The van der Waals surface area contributed by atoms with Crippen molar-refractivity contribution in [3.63, 3.8) is 0 Å². The molecular formula is C28H32ClN3O5S. The number of benzene rings is 3. The van der Waals surface area contributed by atoms with E-state index < -0.39 is 10.0 Å². The van der Waals surface area contributed by atoms with Gasteiger partial charge in [-0.25, -0.2) is 8.42 Å². The van der Waals surface area contributed by atoms with Crippen LogP contribution in [0.5, 0.6) is 11.5 Å². The van der Waals surface area contributed by atoms with E-state index in [1.165, 1.54) is 32.4 Å². The molecule has 10 heteroatoms.